The van der Waals surface area contributed by atoms with Crippen molar-refractivity contribution in [2.75, 3.05) is 18.0 Å². The van der Waals surface area contributed by atoms with Gasteiger partial charge in [0.25, 0.3) is 6.01 Å². The lowest BCUT2D eigenvalue weighted by Crippen LogP contribution is -2.38. The summed E-state index contributed by atoms with van der Waals surface area (Å²) in [5.74, 6) is 0.984. The maximum Gasteiger partial charge on any atom is 0.292 e. The van der Waals surface area contributed by atoms with Gasteiger partial charge in [-0.2, -0.15) is 9.29 Å². The summed E-state index contributed by atoms with van der Waals surface area (Å²) in [7, 11) is -3.21. The third-order valence-electron chi connectivity index (χ3n) is 2.65. The van der Waals surface area contributed by atoms with Crippen molar-refractivity contribution in [3.63, 3.8) is 0 Å². The number of nitrogens with two attached hydrogens (primary N) is 1. The molecule has 2 N–H and O–H groups in total. The molecule has 2 heterocycles. The SMILES string of the molecule is CC(C)CS(=O)(=O)N1CCc2oc(N)nc2C1. The lowest BCUT2D eigenvalue weighted by molar-refractivity contribution is 0.360. The highest BCUT2D eigenvalue weighted by molar-refractivity contribution is 7.89. The molecule has 0 atom stereocenters. The Morgan fingerprint density at radius 3 is 2.88 bits per heavy atom. The molecule has 0 saturated carbocycles. The largest absolute Gasteiger partial charge is 0.429 e. The predicted octanol–water partition coefficient (Wildman–Crippen LogP) is 0.601. The van der Waals surface area contributed by atoms with Gasteiger partial charge in [-0.25, -0.2) is 8.42 Å². The van der Waals surface area contributed by atoms with Gasteiger partial charge in [0.15, 0.2) is 0 Å². The van der Waals surface area contributed by atoms with Crippen LogP contribution in [0.4, 0.5) is 6.01 Å². The minimum Gasteiger partial charge on any atom is -0.429 e. The van der Waals surface area contributed by atoms with E-state index in [2.05, 4.69) is 4.98 Å². The van der Waals surface area contributed by atoms with Gasteiger partial charge < -0.3 is 10.2 Å². The van der Waals surface area contributed by atoms with E-state index in [9.17, 15) is 8.42 Å². The number of nitrogens with zero attached hydrogens (tertiary/aromatic N) is 2. The van der Waals surface area contributed by atoms with E-state index < -0.39 is 10.0 Å². The lowest BCUT2D eigenvalue weighted by Gasteiger charge is -2.25. The van der Waals surface area contributed by atoms with E-state index in [0.717, 1.165) is 0 Å². The molecule has 0 aromatic carbocycles. The number of rotatable bonds is 3. The summed E-state index contributed by atoms with van der Waals surface area (Å²) < 4.78 is 30.7. The topological polar surface area (TPSA) is 89.4 Å². The van der Waals surface area contributed by atoms with Crippen molar-refractivity contribution < 1.29 is 12.8 Å². The molecular formula is C10H17N3O3S. The third kappa shape index (κ3) is 2.61. The summed E-state index contributed by atoms with van der Waals surface area (Å²) in [5.41, 5.74) is 6.09. The zero-order chi connectivity index (χ0) is 12.6. The Kier molecular flexibility index (Phi) is 3.13. The highest BCUT2D eigenvalue weighted by Crippen LogP contribution is 2.23. The van der Waals surface area contributed by atoms with Gasteiger partial charge in [0.2, 0.25) is 10.0 Å². The third-order valence-corrected chi connectivity index (χ3v) is 4.83. The highest BCUT2D eigenvalue weighted by atomic mass is 32.2. The number of anilines is 1. The number of nitrogen functional groups attached to an aromatic ring is 1. The van der Waals surface area contributed by atoms with E-state index in [-0.39, 0.29) is 24.2 Å². The first kappa shape index (κ1) is 12.4. The Morgan fingerprint density at radius 1 is 1.53 bits per heavy atom. The molecule has 0 amide bonds. The van der Waals surface area contributed by atoms with Crippen LogP contribution in [0.1, 0.15) is 25.3 Å². The number of sulfonamides is 1. The van der Waals surface area contributed by atoms with E-state index in [1.165, 1.54) is 4.31 Å². The highest BCUT2D eigenvalue weighted by Gasteiger charge is 2.30. The van der Waals surface area contributed by atoms with Gasteiger partial charge in [-0.3, -0.25) is 0 Å². The molecule has 0 radical (unpaired) electrons. The van der Waals surface area contributed by atoms with Crippen LogP contribution in [0.15, 0.2) is 4.42 Å². The Balaban J connectivity index is 2.17. The van der Waals surface area contributed by atoms with Crippen molar-refractivity contribution >= 4 is 16.0 Å². The van der Waals surface area contributed by atoms with Crippen molar-refractivity contribution in [3.8, 4) is 0 Å². The number of oxazole rings is 1. The molecule has 0 unspecified atom stereocenters. The van der Waals surface area contributed by atoms with Gasteiger partial charge in [0.1, 0.15) is 5.76 Å². The van der Waals surface area contributed by atoms with Crippen molar-refractivity contribution in [1.82, 2.24) is 9.29 Å². The zero-order valence-electron chi connectivity index (χ0n) is 10.0. The molecule has 96 valence electrons. The van der Waals surface area contributed by atoms with Gasteiger partial charge in [0, 0.05) is 13.0 Å². The van der Waals surface area contributed by atoms with Crippen LogP contribution >= 0.6 is 0 Å². The monoisotopic (exact) mass is 259 g/mol. The Hall–Kier alpha value is -1.08. The molecule has 0 spiro atoms. The molecule has 1 aliphatic rings. The van der Waals surface area contributed by atoms with E-state index in [0.29, 0.717) is 24.4 Å². The fourth-order valence-electron chi connectivity index (χ4n) is 1.96. The maximum atomic E-state index is 12.0. The van der Waals surface area contributed by atoms with E-state index in [4.69, 9.17) is 10.2 Å². The van der Waals surface area contributed by atoms with Crippen molar-refractivity contribution in [2.24, 2.45) is 5.92 Å². The minimum absolute atomic E-state index is 0.109. The summed E-state index contributed by atoms with van der Waals surface area (Å²) in [6, 6.07) is 0.109. The summed E-state index contributed by atoms with van der Waals surface area (Å²) in [5, 5.41) is 0. The van der Waals surface area contributed by atoms with E-state index >= 15 is 0 Å². The van der Waals surface area contributed by atoms with Crippen molar-refractivity contribution in [2.45, 2.75) is 26.8 Å². The summed E-state index contributed by atoms with van der Waals surface area (Å²) in [6.07, 6.45) is 0.539. The van der Waals surface area contributed by atoms with Crippen LogP contribution in [-0.2, 0) is 23.0 Å². The molecule has 0 bridgehead atoms. The second kappa shape index (κ2) is 4.30. The molecule has 1 aromatic heterocycles. The zero-order valence-corrected chi connectivity index (χ0v) is 10.8. The average Bonchev–Trinajstić information content (AvgIpc) is 2.54. The number of hydrogen-bond donors (Lipinski definition) is 1. The molecule has 6 nitrogen and oxygen atoms in total. The lowest BCUT2D eigenvalue weighted by atomic mass is 10.2. The smallest absolute Gasteiger partial charge is 0.292 e. The molecule has 2 rings (SSSR count). The maximum absolute atomic E-state index is 12.0. The predicted molar refractivity (Wildman–Crippen MR) is 63.7 cm³/mol. The van der Waals surface area contributed by atoms with Crippen LogP contribution in [0.25, 0.3) is 0 Å². The molecule has 17 heavy (non-hydrogen) atoms. The van der Waals surface area contributed by atoms with Gasteiger partial charge in [-0.15, -0.1) is 0 Å². The first-order chi connectivity index (χ1) is 7.88. The van der Waals surface area contributed by atoms with Crippen LogP contribution in [0.3, 0.4) is 0 Å². The average molecular weight is 259 g/mol. The quantitative estimate of drug-likeness (QED) is 0.858. The Labute approximate surface area is 101 Å². The fourth-order valence-corrected chi connectivity index (χ4v) is 3.70. The number of hydrogen-bond acceptors (Lipinski definition) is 5. The van der Waals surface area contributed by atoms with Crippen molar-refractivity contribution in [1.29, 1.82) is 0 Å². The van der Waals surface area contributed by atoms with E-state index in [1.807, 2.05) is 13.8 Å². The van der Waals surface area contributed by atoms with Crippen LogP contribution < -0.4 is 5.73 Å². The summed E-state index contributed by atoms with van der Waals surface area (Å²) >= 11 is 0. The minimum atomic E-state index is -3.21. The normalized spacial score (nSPS) is 17.4. The van der Waals surface area contributed by atoms with Crippen molar-refractivity contribution in [3.05, 3.63) is 11.5 Å². The van der Waals surface area contributed by atoms with Gasteiger partial charge in [-0.1, -0.05) is 13.8 Å². The first-order valence-electron chi connectivity index (χ1n) is 5.60. The summed E-state index contributed by atoms with van der Waals surface area (Å²) in [6.45, 7) is 4.49. The fraction of sp³-hybridized carbons (Fsp3) is 0.700. The molecule has 0 saturated heterocycles. The first-order valence-corrected chi connectivity index (χ1v) is 7.21. The molecule has 0 aliphatic carbocycles. The molecule has 1 aliphatic heterocycles. The standard InChI is InChI=1S/C10H17N3O3S/c1-7(2)6-17(14,15)13-4-3-9-8(5-13)12-10(11)16-9/h7H,3-6H2,1-2H3,(H2,11,12). The van der Waals surface area contributed by atoms with Crippen LogP contribution in [0, 0.1) is 5.92 Å². The Morgan fingerprint density at radius 2 is 2.24 bits per heavy atom. The van der Waals surface area contributed by atoms with Gasteiger partial charge >= 0.3 is 0 Å². The van der Waals surface area contributed by atoms with Crippen LogP contribution in [0.5, 0.6) is 0 Å². The van der Waals surface area contributed by atoms with Crippen LogP contribution in [0.2, 0.25) is 0 Å². The molecular weight excluding hydrogens is 242 g/mol. The van der Waals surface area contributed by atoms with Crippen LogP contribution in [-0.4, -0.2) is 30.0 Å². The molecule has 7 heteroatoms. The Bertz CT molecular complexity index is 507. The second-order valence-corrected chi connectivity index (χ2v) is 6.69. The van der Waals surface area contributed by atoms with E-state index in [1.54, 1.807) is 0 Å². The molecule has 0 fully saturated rings. The molecule has 1 aromatic rings. The second-order valence-electron chi connectivity index (χ2n) is 4.68. The van der Waals surface area contributed by atoms with Gasteiger partial charge in [0.05, 0.1) is 18.0 Å². The summed E-state index contributed by atoms with van der Waals surface area (Å²) in [4.78, 5) is 4.00. The number of fused-ring (bicyclic) bond motifs is 1. The van der Waals surface area contributed by atoms with Gasteiger partial charge in [-0.05, 0) is 5.92 Å². The number of aromatic nitrogens is 1.